The fourth-order valence-electron chi connectivity index (χ4n) is 2.45. The number of nitrogens with zero attached hydrogens (tertiary/aromatic N) is 3. The van der Waals surface area contributed by atoms with E-state index in [0.29, 0.717) is 15.8 Å². The molecule has 0 atom stereocenters. The third-order valence-electron chi connectivity index (χ3n) is 3.79. The molecule has 0 bridgehead atoms. The first kappa shape index (κ1) is 18.9. The number of aryl methyl sites for hydroxylation is 1. The highest BCUT2D eigenvalue weighted by Crippen LogP contribution is 2.36. The Labute approximate surface area is 179 Å². The van der Waals surface area contributed by atoms with Crippen LogP contribution in [0.2, 0.25) is 10.0 Å². The van der Waals surface area contributed by atoms with Gasteiger partial charge in [-0.05, 0) is 48.2 Å². The molecule has 0 amide bonds. The molecular formula is C19H13Cl2N3S3. The maximum absolute atomic E-state index is 6.22. The van der Waals surface area contributed by atoms with E-state index in [0.717, 1.165) is 31.9 Å². The Morgan fingerprint density at radius 3 is 2.67 bits per heavy atom. The molecular weight excluding hydrogens is 437 g/mol. The third kappa shape index (κ3) is 4.36. The van der Waals surface area contributed by atoms with Crippen LogP contribution in [0.3, 0.4) is 0 Å². The van der Waals surface area contributed by atoms with Gasteiger partial charge in [-0.25, -0.2) is 4.98 Å². The second kappa shape index (κ2) is 8.29. The molecule has 3 aromatic heterocycles. The largest absolute Gasteiger partial charge is 0.240 e. The summed E-state index contributed by atoms with van der Waals surface area (Å²) in [7, 11) is 0. The van der Waals surface area contributed by atoms with Crippen molar-refractivity contribution in [1.82, 2.24) is 15.2 Å². The molecule has 4 rings (SSSR count). The molecule has 0 spiro atoms. The van der Waals surface area contributed by atoms with Gasteiger partial charge in [-0.2, -0.15) is 0 Å². The summed E-state index contributed by atoms with van der Waals surface area (Å²) in [5.74, 6) is 0.714. The summed E-state index contributed by atoms with van der Waals surface area (Å²) in [5.41, 5.74) is 2.85. The summed E-state index contributed by atoms with van der Waals surface area (Å²) in [6, 6.07) is 13.6. The highest BCUT2D eigenvalue weighted by Gasteiger charge is 2.13. The molecule has 0 N–H and O–H groups in total. The summed E-state index contributed by atoms with van der Waals surface area (Å²) < 4.78 is 0. The van der Waals surface area contributed by atoms with Crippen LogP contribution >= 0.6 is 57.6 Å². The van der Waals surface area contributed by atoms with Crippen molar-refractivity contribution < 1.29 is 0 Å². The Hall–Kier alpha value is -1.44. The Kier molecular flexibility index (Phi) is 5.80. The van der Waals surface area contributed by atoms with Crippen LogP contribution in [0, 0.1) is 6.92 Å². The van der Waals surface area contributed by atoms with Crippen LogP contribution in [-0.2, 0) is 5.75 Å². The third-order valence-corrected chi connectivity index (χ3v) is 7.57. The smallest absolute Gasteiger partial charge is 0.134 e. The zero-order valence-electron chi connectivity index (χ0n) is 14.1. The van der Waals surface area contributed by atoms with E-state index < -0.39 is 0 Å². The molecule has 136 valence electrons. The molecule has 3 nitrogen and oxygen atoms in total. The van der Waals surface area contributed by atoms with E-state index in [1.54, 1.807) is 40.5 Å². The zero-order chi connectivity index (χ0) is 18.8. The van der Waals surface area contributed by atoms with Crippen molar-refractivity contribution in [3.8, 4) is 20.5 Å². The number of thioether (sulfide) groups is 1. The van der Waals surface area contributed by atoms with Gasteiger partial charge in [0, 0.05) is 15.8 Å². The van der Waals surface area contributed by atoms with E-state index in [9.17, 15) is 0 Å². The number of benzene rings is 1. The van der Waals surface area contributed by atoms with Crippen LogP contribution < -0.4 is 0 Å². The minimum atomic E-state index is 0.639. The van der Waals surface area contributed by atoms with Crippen molar-refractivity contribution in [3.63, 3.8) is 0 Å². The van der Waals surface area contributed by atoms with Gasteiger partial charge in [-0.3, -0.25) is 0 Å². The van der Waals surface area contributed by atoms with Gasteiger partial charge in [0.1, 0.15) is 15.7 Å². The van der Waals surface area contributed by atoms with Gasteiger partial charge in [0.15, 0.2) is 0 Å². The Bertz CT molecular complexity index is 1060. The number of hydrogen-bond donors (Lipinski definition) is 0. The lowest BCUT2D eigenvalue weighted by Gasteiger charge is -2.04. The van der Waals surface area contributed by atoms with E-state index >= 15 is 0 Å². The van der Waals surface area contributed by atoms with Crippen LogP contribution in [0.4, 0.5) is 0 Å². The van der Waals surface area contributed by atoms with E-state index in [2.05, 4.69) is 26.6 Å². The Balaban J connectivity index is 1.49. The molecule has 27 heavy (non-hydrogen) atoms. The van der Waals surface area contributed by atoms with Crippen LogP contribution in [0.25, 0.3) is 20.5 Å². The van der Waals surface area contributed by atoms with Gasteiger partial charge in [0.05, 0.1) is 15.4 Å². The summed E-state index contributed by atoms with van der Waals surface area (Å²) in [4.78, 5) is 6.91. The normalized spacial score (nSPS) is 11.1. The highest BCUT2D eigenvalue weighted by molar-refractivity contribution is 7.98. The standard InChI is InChI=1S/C19H13Cl2N3S3/c1-11-18(27-19(22-11)16-3-2-8-25-16)15-6-7-17(24-23-15)26-10-12-4-5-13(20)9-14(12)21/h2-9H,10H2,1H3. The summed E-state index contributed by atoms with van der Waals surface area (Å²) >= 11 is 17.1. The first-order valence-corrected chi connectivity index (χ1v) is 11.5. The molecule has 0 radical (unpaired) electrons. The van der Waals surface area contributed by atoms with Crippen LogP contribution in [-0.4, -0.2) is 15.2 Å². The highest BCUT2D eigenvalue weighted by atomic mass is 35.5. The SMILES string of the molecule is Cc1nc(-c2cccs2)sc1-c1ccc(SCc2ccc(Cl)cc2Cl)nn1. The number of halogens is 2. The van der Waals surface area contributed by atoms with E-state index in [-0.39, 0.29) is 0 Å². The fourth-order valence-corrected chi connectivity index (χ4v) is 5.65. The summed E-state index contributed by atoms with van der Waals surface area (Å²) in [5, 5.41) is 14.0. The minimum Gasteiger partial charge on any atom is -0.240 e. The quantitative estimate of drug-likeness (QED) is 0.301. The maximum Gasteiger partial charge on any atom is 0.134 e. The predicted octanol–water partition coefficient (Wildman–Crippen LogP) is 7.24. The maximum atomic E-state index is 6.22. The summed E-state index contributed by atoms with van der Waals surface area (Å²) in [6.07, 6.45) is 0. The van der Waals surface area contributed by atoms with Crippen LogP contribution in [0.1, 0.15) is 11.3 Å². The molecule has 0 aliphatic carbocycles. The number of aromatic nitrogens is 3. The Morgan fingerprint density at radius 1 is 1.07 bits per heavy atom. The average Bonchev–Trinajstić information content (AvgIpc) is 3.31. The van der Waals surface area contributed by atoms with Gasteiger partial charge < -0.3 is 0 Å². The lowest BCUT2D eigenvalue weighted by molar-refractivity contribution is 0.936. The predicted molar refractivity (Wildman–Crippen MR) is 117 cm³/mol. The zero-order valence-corrected chi connectivity index (χ0v) is 18.1. The minimum absolute atomic E-state index is 0.639. The van der Waals surface area contributed by atoms with Crippen molar-refractivity contribution in [2.45, 2.75) is 17.7 Å². The van der Waals surface area contributed by atoms with Gasteiger partial charge in [0.2, 0.25) is 0 Å². The number of thiophene rings is 1. The van der Waals surface area contributed by atoms with E-state index in [1.807, 2.05) is 37.3 Å². The van der Waals surface area contributed by atoms with Gasteiger partial charge in [-0.1, -0.05) is 47.1 Å². The van der Waals surface area contributed by atoms with E-state index in [1.165, 1.54) is 4.88 Å². The molecule has 0 unspecified atom stereocenters. The first-order chi connectivity index (χ1) is 13.1. The van der Waals surface area contributed by atoms with Crippen molar-refractivity contribution in [2.24, 2.45) is 0 Å². The first-order valence-electron chi connectivity index (χ1n) is 8.02. The molecule has 0 aliphatic heterocycles. The number of thiazole rings is 1. The molecule has 1 aromatic carbocycles. The second-order valence-electron chi connectivity index (χ2n) is 5.69. The van der Waals surface area contributed by atoms with E-state index in [4.69, 9.17) is 23.2 Å². The van der Waals surface area contributed by atoms with Crippen molar-refractivity contribution in [3.05, 3.63) is 69.1 Å². The molecule has 0 fully saturated rings. The monoisotopic (exact) mass is 449 g/mol. The van der Waals surface area contributed by atoms with Crippen LogP contribution in [0.5, 0.6) is 0 Å². The van der Waals surface area contributed by atoms with Crippen molar-refractivity contribution in [2.75, 3.05) is 0 Å². The molecule has 4 aromatic rings. The fraction of sp³-hybridized carbons (Fsp3) is 0.105. The lowest BCUT2D eigenvalue weighted by Crippen LogP contribution is -1.90. The number of hydrogen-bond acceptors (Lipinski definition) is 6. The topological polar surface area (TPSA) is 38.7 Å². The molecule has 3 heterocycles. The van der Waals surface area contributed by atoms with Crippen LogP contribution in [0.15, 0.2) is 52.9 Å². The lowest BCUT2D eigenvalue weighted by atomic mass is 10.2. The second-order valence-corrected chi connectivity index (χ2v) is 9.48. The van der Waals surface area contributed by atoms with Crippen molar-refractivity contribution in [1.29, 1.82) is 0 Å². The Morgan fingerprint density at radius 2 is 1.96 bits per heavy atom. The average molecular weight is 450 g/mol. The molecule has 0 saturated carbocycles. The van der Waals surface area contributed by atoms with Gasteiger partial charge >= 0.3 is 0 Å². The van der Waals surface area contributed by atoms with Gasteiger partial charge in [-0.15, -0.1) is 32.9 Å². The number of rotatable bonds is 5. The van der Waals surface area contributed by atoms with Crippen molar-refractivity contribution >= 4 is 57.6 Å². The summed E-state index contributed by atoms with van der Waals surface area (Å²) in [6.45, 7) is 2.01. The molecule has 0 aliphatic rings. The van der Waals surface area contributed by atoms with Gasteiger partial charge in [0.25, 0.3) is 0 Å². The molecule has 8 heteroatoms. The molecule has 0 saturated heterocycles.